The molecular formula is C13H10BrClO4. The minimum Gasteiger partial charge on any atom is -0.486 e. The van der Waals surface area contributed by atoms with Gasteiger partial charge in [-0.15, -0.1) is 0 Å². The van der Waals surface area contributed by atoms with Crippen molar-refractivity contribution in [1.29, 1.82) is 0 Å². The number of benzene rings is 1. The standard InChI is InChI=1S/C13H10BrClO4/c14-8-1-2-18-12(8)11(16)7-5-9(15)13-10(6-7)17-3-4-19-13/h1-2,5-6,11,16H,3-4H2. The van der Waals surface area contributed by atoms with E-state index in [1.165, 1.54) is 6.26 Å². The zero-order valence-electron chi connectivity index (χ0n) is 9.73. The summed E-state index contributed by atoms with van der Waals surface area (Å²) < 4.78 is 16.9. The SMILES string of the molecule is OC(c1cc(Cl)c2c(c1)OCCO2)c1occc1Br. The van der Waals surface area contributed by atoms with Gasteiger partial charge < -0.3 is 19.0 Å². The largest absolute Gasteiger partial charge is 0.486 e. The van der Waals surface area contributed by atoms with Gasteiger partial charge in [-0.2, -0.15) is 0 Å². The fraction of sp³-hybridized carbons (Fsp3) is 0.231. The molecule has 1 N–H and O–H groups in total. The van der Waals surface area contributed by atoms with E-state index < -0.39 is 6.10 Å². The van der Waals surface area contributed by atoms with E-state index in [1.807, 2.05) is 0 Å². The van der Waals surface area contributed by atoms with Crippen LogP contribution in [-0.2, 0) is 0 Å². The van der Waals surface area contributed by atoms with Crippen molar-refractivity contribution in [1.82, 2.24) is 0 Å². The van der Waals surface area contributed by atoms with E-state index >= 15 is 0 Å². The lowest BCUT2D eigenvalue weighted by atomic mass is 10.1. The van der Waals surface area contributed by atoms with Crippen molar-refractivity contribution in [3.63, 3.8) is 0 Å². The highest BCUT2D eigenvalue weighted by atomic mass is 79.9. The fourth-order valence-electron chi connectivity index (χ4n) is 1.94. The Hall–Kier alpha value is -1.17. The summed E-state index contributed by atoms with van der Waals surface area (Å²) in [5.74, 6) is 1.48. The highest BCUT2D eigenvalue weighted by molar-refractivity contribution is 9.10. The first-order valence-corrected chi connectivity index (χ1v) is 6.84. The van der Waals surface area contributed by atoms with Crippen LogP contribution in [0, 0.1) is 0 Å². The lowest BCUT2D eigenvalue weighted by molar-refractivity contribution is 0.167. The van der Waals surface area contributed by atoms with Crippen LogP contribution in [0.3, 0.4) is 0 Å². The molecule has 1 aliphatic rings. The van der Waals surface area contributed by atoms with E-state index in [2.05, 4.69) is 15.9 Å². The van der Waals surface area contributed by atoms with Gasteiger partial charge in [-0.3, -0.25) is 0 Å². The van der Waals surface area contributed by atoms with E-state index in [1.54, 1.807) is 18.2 Å². The molecule has 1 aromatic heterocycles. The van der Waals surface area contributed by atoms with Crippen LogP contribution in [0.5, 0.6) is 11.5 Å². The molecule has 0 saturated heterocycles. The predicted molar refractivity (Wildman–Crippen MR) is 72.9 cm³/mol. The fourth-order valence-corrected chi connectivity index (χ4v) is 2.63. The summed E-state index contributed by atoms with van der Waals surface area (Å²) in [6, 6.07) is 5.08. The van der Waals surface area contributed by atoms with Crippen molar-refractivity contribution in [2.45, 2.75) is 6.10 Å². The van der Waals surface area contributed by atoms with Gasteiger partial charge in [-0.05, 0) is 39.7 Å². The topological polar surface area (TPSA) is 51.8 Å². The molecule has 2 heterocycles. The summed E-state index contributed by atoms with van der Waals surface area (Å²) in [5.41, 5.74) is 0.588. The molecule has 2 aromatic rings. The maximum atomic E-state index is 10.3. The Morgan fingerprint density at radius 1 is 1.26 bits per heavy atom. The monoisotopic (exact) mass is 344 g/mol. The number of halogens is 2. The maximum absolute atomic E-state index is 10.3. The van der Waals surface area contributed by atoms with E-state index in [4.69, 9.17) is 25.5 Å². The lowest BCUT2D eigenvalue weighted by Gasteiger charge is -2.21. The minimum absolute atomic E-state index is 0.411. The molecule has 0 fully saturated rings. The molecule has 1 unspecified atom stereocenters. The third-order valence-corrected chi connectivity index (χ3v) is 3.76. The first-order valence-electron chi connectivity index (χ1n) is 5.67. The first kappa shape index (κ1) is 12.8. The molecule has 100 valence electrons. The summed E-state index contributed by atoms with van der Waals surface area (Å²) in [6.07, 6.45) is 0.583. The van der Waals surface area contributed by atoms with Gasteiger partial charge in [0.05, 0.1) is 15.8 Å². The first-order chi connectivity index (χ1) is 9.16. The Morgan fingerprint density at radius 2 is 2.05 bits per heavy atom. The van der Waals surface area contributed by atoms with Crippen LogP contribution in [0.25, 0.3) is 0 Å². The van der Waals surface area contributed by atoms with Crippen LogP contribution in [-0.4, -0.2) is 18.3 Å². The van der Waals surface area contributed by atoms with Crippen LogP contribution in [0.15, 0.2) is 33.4 Å². The van der Waals surface area contributed by atoms with Crippen molar-refractivity contribution in [2.24, 2.45) is 0 Å². The van der Waals surface area contributed by atoms with Gasteiger partial charge in [-0.25, -0.2) is 0 Å². The summed E-state index contributed by atoms with van der Waals surface area (Å²) in [5, 5.41) is 10.7. The predicted octanol–water partition coefficient (Wildman–Crippen LogP) is 3.55. The highest BCUT2D eigenvalue weighted by Crippen LogP contribution is 2.41. The molecule has 0 amide bonds. The van der Waals surface area contributed by atoms with Crippen LogP contribution < -0.4 is 9.47 Å². The second kappa shape index (κ2) is 5.07. The number of hydrogen-bond donors (Lipinski definition) is 1. The zero-order chi connectivity index (χ0) is 13.4. The van der Waals surface area contributed by atoms with Gasteiger partial charge in [0.25, 0.3) is 0 Å². The molecule has 3 rings (SSSR count). The lowest BCUT2D eigenvalue weighted by Crippen LogP contribution is -2.16. The van der Waals surface area contributed by atoms with E-state index in [9.17, 15) is 5.11 Å². The van der Waals surface area contributed by atoms with Gasteiger partial charge in [0.2, 0.25) is 0 Å². The molecule has 4 nitrogen and oxygen atoms in total. The van der Waals surface area contributed by atoms with Crippen molar-refractivity contribution in [3.05, 3.63) is 45.3 Å². The Bertz CT molecular complexity index is 611. The number of fused-ring (bicyclic) bond motifs is 1. The average molecular weight is 346 g/mol. The molecular weight excluding hydrogens is 335 g/mol. The molecule has 1 aromatic carbocycles. The average Bonchev–Trinajstić information content (AvgIpc) is 2.84. The van der Waals surface area contributed by atoms with E-state index in [0.29, 0.717) is 45.5 Å². The van der Waals surface area contributed by atoms with Crippen molar-refractivity contribution < 1.29 is 19.0 Å². The van der Waals surface area contributed by atoms with Gasteiger partial charge in [0.15, 0.2) is 17.3 Å². The third kappa shape index (κ3) is 2.33. The van der Waals surface area contributed by atoms with Crippen LogP contribution in [0.1, 0.15) is 17.4 Å². The molecule has 0 radical (unpaired) electrons. The van der Waals surface area contributed by atoms with Crippen molar-refractivity contribution in [2.75, 3.05) is 13.2 Å². The van der Waals surface area contributed by atoms with E-state index in [0.717, 1.165) is 0 Å². The normalized spacial score (nSPS) is 15.3. The van der Waals surface area contributed by atoms with Gasteiger partial charge in [0.1, 0.15) is 19.3 Å². The number of rotatable bonds is 2. The van der Waals surface area contributed by atoms with Crippen molar-refractivity contribution >= 4 is 27.5 Å². The Balaban J connectivity index is 2.02. The summed E-state index contributed by atoms with van der Waals surface area (Å²) >= 11 is 9.45. The smallest absolute Gasteiger partial charge is 0.179 e. The van der Waals surface area contributed by atoms with E-state index in [-0.39, 0.29) is 0 Å². The zero-order valence-corrected chi connectivity index (χ0v) is 12.1. The number of ether oxygens (including phenoxy) is 2. The third-order valence-electron chi connectivity index (χ3n) is 2.83. The number of aliphatic hydroxyl groups excluding tert-OH is 1. The van der Waals surface area contributed by atoms with Crippen LogP contribution in [0.2, 0.25) is 5.02 Å². The molecule has 1 aliphatic heterocycles. The summed E-state index contributed by atoms with van der Waals surface area (Å²) in [4.78, 5) is 0. The number of aliphatic hydroxyl groups is 1. The highest BCUT2D eigenvalue weighted by Gasteiger charge is 2.23. The molecule has 0 spiro atoms. The number of hydrogen-bond acceptors (Lipinski definition) is 4. The van der Waals surface area contributed by atoms with Crippen LogP contribution in [0.4, 0.5) is 0 Å². The van der Waals surface area contributed by atoms with Crippen LogP contribution >= 0.6 is 27.5 Å². The molecule has 19 heavy (non-hydrogen) atoms. The Morgan fingerprint density at radius 3 is 2.79 bits per heavy atom. The van der Waals surface area contributed by atoms with Gasteiger partial charge >= 0.3 is 0 Å². The molecule has 0 aliphatic carbocycles. The maximum Gasteiger partial charge on any atom is 0.179 e. The quantitative estimate of drug-likeness (QED) is 0.904. The molecule has 6 heteroatoms. The summed E-state index contributed by atoms with van der Waals surface area (Å²) in [7, 11) is 0. The minimum atomic E-state index is -0.919. The van der Waals surface area contributed by atoms with Gasteiger partial charge in [-0.1, -0.05) is 11.6 Å². The molecule has 0 bridgehead atoms. The Kier molecular flexibility index (Phi) is 3.43. The van der Waals surface area contributed by atoms with Gasteiger partial charge in [0, 0.05) is 0 Å². The number of furan rings is 1. The molecule has 0 saturated carbocycles. The second-order valence-corrected chi connectivity index (χ2v) is 5.32. The summed E-state index contributed by atoms with van der Waals surface area (Å²) in [6.45, 7) is 0.936. The van der Waals surface area contributed by atoms with Crippen molar-refractivity contribution in [3.8, 4) is 11.5 Å². The molecule has 1 atom stereocenters. The second-order valence-electron chi connectivity index (χ2n) is 4.06. The Labute approximate surface area is 123 Å².